The standard InChI is InChI=1S/C21H16ClN3O5/c22-18-6-2-1-5-17(18)20(26)24-19(21(27)23-13-16-4-3-11-30-16)12-14-7-9-15(10-8-14)25(28)29/h1-12H,13H2,(H,23,27)(H,24,26)/b19-12+. The van der Waals surface area contributed by atoms with Gasteiger partial charge in [0.25, 0.3) is 17.5 Å². The SMILES string of the molecule is O=C(NCc1ccco1)/C(=C\c1ccc([N+](=O)[O-])cc1)NC(=O)c1ccccc1Cl. The molecule has 0 saturated carbocycles. The normalized spacial score (nSPS) is 11.0. The molecule has 0 atom stereocenters. The fraction of sp³-hybridized carbons (Fsp3) is 0.0476. The number of nitrogens with zero attached hydrogens (tertiary/aromatic N) is 1. The van der Waals surface area contributed by atoms with Crippen LogP contribution in [0.2, 0.25) is 5.02 Å². The Balaban J connectivity index is 1.85. The van der Waals surface area contributed by atoms with Crippen LogP contribution < -0.4 is 10.6 Å². The van der Waals surface area contributed by atoms with Crippen LogP contribution in [0.5, 0.6) is 0 Å². The predicted octanol–water partition coefficient (Wildman–Crippen LogP) is 3.93. The van der Waals surface area contributed by atoms with E-state index in [-0.39, 0.29) is 28.5 Å². The van der Waals surface area contributed by atoms with Crippen LogP contribution in [0.3, 0.4) is 0 Å². The van der Waals surface area contributed by atoms with Crippen molar-refractivity contribution in [1.29, 1.82) is 0 Å². The number of carbonyl (C=O) groups excluding carboxylic acids is 2. The van der Waals surface area contributed by atoms with Crippen molar-refractivity contribution in [2.24, 2.45) is 0 Å². The van der Waals surface area contributed by atoms with E-state index in [2.05, 4.69) is 10.6 Å². The first kappa shape index (κ1) is 20.8. The molecule has 1 heterocycles. The Kier molecular flexibility index (Phi) is 6.61. The Morgan fingerprint density at radius 3 is 2.43 bits per heavy atom. The van der Waals surface area contributed by atoms with Gasteiger partial charge in [0.05, 0.1) is 28.3 Å². The van der Waals surface area contributed by atoms with Crippen LogP contribution in [0.15, 0.2) is 77.0 Å². The minimum absolute atomic E-state index is 0.0553. The Labute approximate surface area is 176 Å². The van der Waals surface area contributed by atoms with Crippen molar-refractivity contribution in [1.82, 2.24) is 10.6 Å². The average Bonchev–Trinajstić information content (AvgIpc) is 3.26. The van der Waals surface area contributed by atoms with Crippen molar-refractivity contribution in [3.05, 3.63) is 105 Å². The highest BCUT2D eigenvalue weighted by Gasteiger charge is 2.17. The molecule has 2 N–H and O–H groups in total. The first-order valence-corrected chi connectivity index (χ1v) is 9.14. The highest BCUT2D eigenvalue weighted by atomic mass is 35.5. The molecule has 0 aliphatic heterocycles. The number of carbonyl (C=O) groups is 2. The maximum Gasteiger partial charge on any atom is 0.269 e. The lowest BCUT2D eigenvalue weighted by molar-refractivity contribution is -0.384. The summed E-state index contributed by atoms with van der Waals surface area (Å²) in [5.41, 5.74) is 0.548. The lowest BCUT2D eigenvalue weighted by Gasteiger charge is -2.11. The molecule has 3 aromatic rings. The minimum Gasteiger partial charge on any atom is -0.467 e. The molecule has 0 fully saturated rings. The number of nitrogens with one attached hydrogen (secondary N) is 2. The van der Waals surface area contributed by atoms with E-state index in [1.54, 1.807) is 30.3 Å². The number of furan rings is 1. The smallest absolute Gasteiger partial charge is 0.269 e. The van der Waals surface area contributed by atoms with Gasteiger partial charge in [-0.2, -0.15) is 0 Å². The van der Waals surface area contributed by atoms with E-state index >= 15 is 0 Å². The van der Waals surface area contributed by atoms with Crippen LogP contribution in [0, 0.1) is 10.1 Å². The number of nitro benzene ring substituents is 1. The van der Waals surface area contributed by atoms with Gasteiger partial charge in [-0.25, -0.2) is 0 Å². The van der Waals surface area contributed by atoms with E-state index in [9.17, 15) is 19.7 Å². The number of hydrogen-bond acceptors (Lipinski definition) is 5. The summed E-state index contributed by atoms with van der Waals surface area (Å²) in [5, 5.41) is 16.3. The molecule has 0 bridgehead atoms. The number of amides is 2. The first-order valence-electron chi connectivity index (χ1n) is 8.76. The number of nitro groups is 1. The summed E-state index contributed by atoms with van der Waals surface area (Å²) in [6, 6.07) is 15.4. The summed E-state index contributed by atoms with van der Waals surface area (Å²) in [5.74, 6) is -0.595. The topological polar surface area (TPSA) is 114 Å². The van der Waals surface area contributed by atoms with Crippen molar-refractivity contribution >= 4 is 35.2 Å². The third-order valence-electron chi connectivity index (χ3n) is 4.03. The molecular formula is C21H16ClN3O5. The molecule has 0 spiro atoms. The van der Waals surface area contributed by atoms with Gasteiger partial charge in [0.15, 0.2) is 0 Å². The number of rotatable bonds is 7. The zero-order chi connectivity index (χ0) is 21.5. The van der Waals surface area contributed by atoms with E-state index in [1.807, 2.05) is 0 Å². The zero-order valence-electron chi connectivity index (χ0n) is 15.5. The lowest BCUT2D eigenvalue weighted by Crippen LogP contribution is -2.34. The van der Waals surface area contributed by atoms with Gasteiger partial charge in [-0.3, -0.25) is 19.7 Å². The third-order valence-corrected chi connectivity index (χ3v) is 4.36. The van der Waals surface area contributed by atoms with Crippen LogP contribution in [0.4, 0.5) is 5.69 Å². The second-order valence-corrected chi connectivity index (χ2v) is 6.51. The highest BCUT2D eigenvalue weighted by Crippen LogP contribution is 2.17. The largest absolute Gasteiger partial charge is 0.467 e. The molecule has 0 aliphatic carbocycles. The highest BCUT2D eigenvalue weighted by molar-refractivity contribution is 6.34. The molecule has 0 saturated heterocycles. The molecule has 152 valence electrons. The Morgan fingerprint density at radius 2 is 1.80 bits per heavy atom. The van der Waals surface area contributed by atoms with E-state index < -0.39 is 16.7 Å². The molecule has 2 aromatic carbocycles. The van der Waals surface area contributed by atoms with Gasteiger partial charge in [-0.1, -0.05) is 23.7 Å². The van der Waals surface area contributed by atoms with Gasteiger partial charge in [0.2, 0.25) is 0 Å². The maximum absolute atomic E-state index is 12.7. The van der Waals surface area contributed by atoms with Crippen molar-refractivity contribution in [3.8, 4) is 0 Å². The summed E-state index contributed by atoms with van der Waals surface area (Å²) >= 11 is 6.06. The van der Waals surface area contributed by atoms with Crippen LogP contribution in [-0.4, -0.2) is 16.7 Å². The molecule has 0 aliphatic rings. The van der Waals surface area contributed by atoms with Gasteiger partial charge in [-0.05, 0) is 48.0 Å². The molecule has 9 heteroatoms. The number of hydrogen-bond donors (Lipinski definition) is 2. The summed E-state index contributed by atoms with van der Waals surface area (Å²) in [4.78, 5) is 35.6. The second kappa shape index (κ2) is 9.53. The van der Waals surface area contributed by atoms with E-state index in [0.717, 1.165) is 0 Å². The second-order valence-electron chi connectivity index (χ2n) is 6.10. The van der Waals surface area contributed by atoms with Crippen molar-refractivity contribution in [3.63, 3.8) is 0 Å². The fourth-order valence-corrected chi connectivity index (χ4v) is 2.75. The predicted molar refractivity (Wildman–Crippen MR) is 111 cm³/mol. The molecule has 30 heavy (non-hydrogen) atoms. The van der Waals surface area contributed by atoms with Crippen LogP contribution in [-0.2, 0) is 11.3 Å². The van der Waals surface area contributed by atoms with Gasteiger partial charge >= 0.3 is 0 Å². The van der Waals surface area contributed by atoms with E-state index in [4.69, 9.17) is 16.0 Å². The maximum atomic E-state index is 12.7. The molecule has 0 radical (unpaired) electrons. The monoisotopic (exact) mass is 425 g/mol. The van der Waals surface area contributed by atoms with Gasteiger partial charge < -0.3 is 15.1 Å². The van der Waals surface area contributed by atoms with Crippen molar-refractivity contribution in [2.45, 2.75) is 6.54 Å². The third kappa shape index (κ3) is 5.33. The zero-order valence-corrected chi connectivity index (χ0v) is 16.3. The molecule has 8 nitrogen and oxygen atoms in total. The number of non-ortho nitro benzene ring substituents is 1. The molecule has 0 unspecified atom stereocenters. The molecule has 2 amide bonds. The van der Waals surface area contributed by atoms with Crippen molar-refractivity contribution < 1.29 is 18.9 Å². The average molecular weight is 426 g/mol. The van der Waals surface area contributed by atoms with E-state index in [1.165, 1.54) is 42.7 Å². The van der Waals surface area contributed by atoms with Gasteiger partial charge in [0.1, 0.15) is 11.5 Å². The van der Waals surface area contributed by atoms with Gasteiger partial charge in [0, 0.05) is 12.1 Å². The van der Waals surface area contributed by atoms with E-state index in [0.29, 0.717) is 11.3 Å². The van der Waals surface area contributed by atoms with Crippen molar-refractivity contribution in [2.75, 3.05) is 0 Å². The Morgan fingerprint density at radius 1 is 1.07 bits per heavy atom. The van der Waals surface area contributed by atoms with Crippen LogP contribution >= 0.6 is 11.6 Å². The summed E-state index contributed by atoms with van der Waals surface area (Å²) in [6.07, 6.45) is 2.89. The summed E-state index contributed by atoms with van der Waals surface area (Å²) < 4.78 is 5.18. The summed E-state index contributed by atoms with van der Waals surface area (Å²) in [7, 11) is 0. The number of halogens is 1. The minimum atomic E-state index is -0.568. The summed E-state index contributed by atoms with van der Waals surface area (Å²) in [6.45, 7) is 0.116. The van der Waals surface area contributed by atoms with Crippen LogP contribution in [0.1, 0.15) is 21.7 Å². The number of benzene rings is 2. The fourth-order valence-electron chi connectivity index (χ4n) is 2.53. The van der Waals surface area contributed by atoms with Crippen LogP contribution in [0.25, 0.3) is 6.08 Å². The molecular weight excluding hydrogens is 410 g/mol. The molecule has 3 rings (SSSR count). The Hall–Kier alpha value is -3.91. The lowest BCUT2D eigenvalue weighted by atomic mass is 10.1. The quantitative estimate of drug-likeness (QED) is 0.338. The van der Waals surface area contributed by atoms with Gasteiger partial charge in [-0.15, -0.1) is 0 Å². The Bertz CT molecular complexity index is 1090. The molecule has 1 aromatic heterocycles. The first-order chi connectivity index (χ1) is 14.4.